The molecule has 4 aromatic rings. The van der Waals surface area contributed by atoms with Gasteiger partial charge in [0.1, 0.15) is 0 Å². The normalized spacial score (nSPS) is 12.1. The van der Waals surface area contributed by atoms with Gasteiger partial charge in [-0.15, -0.1) is 0 Å². The van der Waals surface area contributed by atoms with Crippen LogP contribution in [0.25, 0.3) is 27.8 Å². The SMILES string of the molecule is CC(C)(C)c1ccnc(-n2c3ccccc3c3ccccc32)n1. The van der Waals surface area contributed by atoms with Crippen LogP contribution in [0.1, 0.15) is 26.5 Å². The van der Waals surface area contributed by atoms with Gasteiger partial charge in [0.2, 0.25) is 5.95 Å². The first-order chi connectivity index (χ1) is 11.1. The molecule has 0 saturated heterocycles. The van der Waals surface area contributed by atoms with Gasteiger partial charge in [-0.05, 0) is 18.2 Å². The van der Waals surface area contributed by atoms with Crippen molar-refractivity contribution >= 4 is 21.8 Å². The highest BCUT2D eigenvalue weighted by atomic mass is 15.2. The lowest BCUT2D eigenvalue weighted by atomic mass is 9.92. The van der Waals surface area contributed by atoms with E-state index in [0.29, 0.717) is 0 Å². The van der Waals surface area contributed by atoms with E-state index in [2.05, 4.69) is 78.9 Å². The summed E-state index contributed by atoms with van der Waals surface area (Å²) < 4.78 is 2.15. The van der Waals surface area contributed by atoms with Crippen molar-refractivity contribution in [1.82, 2.24) is 14.5 Å². The highest BCUT2D eigenvalue weighted by molar-refractivity contribution is 6.08. The van der Waals surface area contributed by atoms with E-state index < -0.39 is 0 Å². The highest BCUT2D eigenvalue weighted by Gasteiger charge is 2.18. The van der Waals surface area contributed by atoms with Crippen LogP contribution in [-0.4, -0.2) is 14.5 Å². The second-order valence-electron chi connectivity index (χ2n) is 6.86. The summed E-state index contributed by atoms with van der Waals surface area (Å²) in [5, 5.41) is 2.46. The van der Waals surface area contributed by atoms with Crippen molar-refractivity contribution in [3.63, 3.8) is 0 Å². The molecule has 3 nitrogen and oxygen atoms in total. The lowest BCUT2D eigenvalue weighted by molar-refractivity contribution is 0.565. The molecule has 23 heavy (non-hydrogen) atoms. The van der Waals surface area contributed by atoms with Gasteiger partial charge in [-0.1, -0.05) is 57.2 Å². The van der Waals surface area contributed by atoms with E-state index in [1.807, 2.05) is 12.3 Å². The quantitative estimate of drug-likeness (QED) is 0.502. The van der Waals surface area contributed by atoms with Gasteiger partial charge in [0.25, 0.3) is 0 Å². The number of fused-ring (bicyclic) bond motifs is 3. The van der Waals surface area contributed by atoms with E-state index in [-0.39, 0.29) is 5.41 Å². The largest absolute Gasteiger partial charge is 0.278 e. The third-order valence-electron chi connectivity index (χ3n) is 4.19. The van der Waals surface area contributed by atoms with E-state index >= 15 is 0 Å². The Morgan fingerprint density at radius 1 is 0.783 bits per heavy atom. The minimum atomic E-state index is -0.00352. The summed E-state index contributed by atoms with van der Waals surface area (Å²) in [4.78, 5) is 9.39. The molecule has 0 N–H and O–H groups in total. The van der Waals surface area contributed by atoms with Crippen LogP contribution in [0.4, 0.5) is 0 Å². The lowest BCUT2D eigenvalue weighted by Crippen LogP contribution is -2.15. The Kier molecular flexibility index (Phi) is 2.98. The Morgan fingerprint density at radius 3 is 1.91 bits per heavy atom. The zero-order valence-corrected chi connectivity index (χ0v) is 13.6. The molecule has 4 rings (SSSR count). The maximum atomic E-state index is 4.84. The Hall–Kier alpha value is -2.68. The van der Waals surface area contributed by atoms with Gasteiger partial charge in [0.05, 0.1) is 16.7 Å². The van der Waals surface area contributed by atoms with Gasteiger partial charge in [-0.2, -0.15) is 0 Å². The molecule has 2 heterocycles. The molecule has 0 radical (unpaired) electrons. The molecule has 0 atom stereocenters. The first kappa shape index (κ1) is 13.9. The first-order valence-corrected chi connectivity index (χ1v) is 7.88. The molecule has 0 spiro atoms. The lowest BCUT2D eigenvalue weighted by Gasteiger charge is -2.18. The average molecular weight is 301 g/mol. The van der Waals surface area contributed by atoms with E-state index in [0.717, 1.165) is 22.7 Å². The predicted molar refractivity (Wildman–Crippen MR) is 95.1 cm³/mol. The van der Waals surface area contributed by atoms with E-state index in [9.17, 15) is 0 Å². The summed E-state index contributed by atoms with van der Waals surface area (Å²) >= 11 is 0. The molecule has 0 unspecified atom stereocenters. The van der Waals surface area contributed by atoms with Crippen molar-refractivity contribution in [2.75, 3.05) is 0 Å². The molecular formula is C20H19N3. The number of benzene rings is 2. The van der Waals surface area contributed by atoms with Crippen molar-refractivity contribution in [3.8, 4) is 5.95 Å². The van der Waals surface area contributed by atoms with Gasteiger partial charge in [0, 0.05) is 22.4 Å². The van der Waals surface area contributed by atoms with E-state index in [1.165, 1.54) is 10.8 Å². The molecule has 0 aliphatic rings. The summed E-state index contributed by atoms with van der Waals surface area (Å²) in [5.41, 5.74) is 3.32. The Labute approximate surface area is 135 Å². The van der Waals surface area contributed by atoms with Crippen LogP contribution >= 0.6 is 0 Å². The number of aromatic nitrogens is 3. The molecule has 0 aliphatic carbocycles. The van der Waals surface area contributed by atoms with Gasteiger partial charge in [-0.3, -0.25) is 4.57 Å². The summed E-state index contributed by atoms with van der Waals surface area (Å²) in [6.45, 7) is 6.51. The fraction of sp³-hybridized carbons (Fsp3) is 0.200. The van der Waals surface area contributed by atoms with Gasteiger partial charge >= 0.3 is 0 Å². The molecular weight excluding hydrogens is 282 g/mol. The first-order valence-electron chi connectivity index (χ1n) is 7.88. The van der Waals surface area contributed by atoms with Crippen LogP contribution in [0, 0.1) is 0 Å². The molecule has 0 aliphatic heterocycles. The summed E-state index contributed by atoms with van der Waals surface area (Å²) in [6.07, 6.45) is 1.85. The molecule has 114 valence electrons. The van der Waals surface area contributed by atoms with Crippen LogP contribution in [0.3, 0.4) is 0 Å². The summed E-state index contributed by atoms with van der Waals surface area (Å²) in [7, 11) is 0. The van der Waals surface area contributed by atoms with Crippen LogP contribution in [0.5, 0.6) is 0 Å². The Morgan fingerprint density at radius 2 is 1.35 bits per heavy atom. The Bertz CT molecular complexity index is 953. The minimum absolute atomic E-state index is 0.00352. The minimum Gasteiger partial charge on any atom is -0.278 e. The van der Waals surface area contributed by atoms with Gasteiger partial charge in [-0.25, -0.2) is 9.97 Å². The molecule has 0 saturated carbocycles. The second-order valence-corrected chi connectivity index (χ2v) is 6.86. The van der Waals surface area contributed by atoms with Crippen molar-refractivity contribution in [1.29, 1.82) is 0 Å². The fourth-order valence-corrected chi connectivity index (χ4v) is 3.01. The fourth-order valence-electron chi connectivity index (χ4n) is 3.01. The zero-order chi connectivity index (χ0) is 16.0. The second kappa shape index (κ2) is 4.92. The van der Waals surface area contributed by atoms with Gasteiger partial charge < -0.3 is 0 Å². The van der Waals surface area contributed by atoms with Crippen LogP contribution in [0.2, 0.25) is 0 Å². The van der Waals surface area contributed by atoms with Gasteiger partial charge in [0.15, 0.2) is 0 Å². The topological polar surface area (TPSA) is 30.7 Å². The number of rotatable bonds is 1. The number of hydrogen-bond acceptors (Lipinski definition) is 2. The third-order valence-corrected chi connectivity index (χ3v) is 4.19. The smallest absolute Gasteiger partial charge is 0.234 e. The van der Waals surface area contributed by atoms with Crippen LogP contribution in [0.15, 0.2) is 60.8 Å². The molecule has 0 fully saturated rings. The van der Waals surface area contributed by atoms with Crippen molar-refractivity contribution in [2.45, 2.75) is 26.2 Å². The molecule has 2 aromatic heterocycles. The third kappa shape index (κ3) is 2.20. The molecule has 2 aromatic carbocycles. The van der Waals surface area contributed by atoms with Crippen LogP contribution < -0.4 is 0 Å². The van der Waals surface area contributed by atoms with Crippen LogP contribution in [-0.2, 0) is 5.41 Å². The summed E-state index contributed by atoms with van der Waals surface area (Å²) in [5.74, 6) is 0.731. The van der Waals surface area contributed by atoms with Crippen molar-refractivity contribution in [3.05, 3.63) is 66.5 Å². The maximum absolute atomic E-state index is 4.84. The highest BCUT2D eigenvalue weighted by Crippen LogP contribution is 2.31. The molecule has 0 amide bonds. The molecule has 0 bridgehead atoms. The van der Waals surface area contributed by atoms with E-state index in [1.54, 1.807) is 0 Å². The summed E-state index contributed by atoms with van der Waals surface area (Å²) in [6, 6.07) is 18.8. The average Bonchev–Trinajstić information content (AvgIpc) is 2.89. The van der Waals surface area contributed by atoms with Crippen molar-refractivity contribution < 1.29 is 0 Å². The van der Waals surface area contributed by atoms with E-state index in [4.69, 9.17) is 4.98 Å². The zero-order valence-electron chi connectivity index (χ0n) is 13.6. The monoisotopic (exact) mass is 301 g/mol. The number of nitrogens with zero attached hydrogens (tertiary/aromatic N) is 3. The standard InChI is InChI=1S/C20H19N3/c1-20(2,3)18-12-13-21-19(22-18)23-16-10-6-4-8-14(16)15-9-5-7-11-17(15)23/h4-13H,1-3H3. The maximum Gasteiger partial charge on any atom is 0.234 e. The number of para-hydroxylation sites is 2. The number of hydrogen-bond donors (Lipinski definition) is 0. The molecule has 3 heteroatoms. The predicted octanol–water partition coefficient (Wildman–Crippen LogP) is 4.87. The van der Waals surface area contributed by atoms with Crippen molar-refractivity contribution in [2.24, 2.45) is 0 Å². The Balaban J connectivity index is 2.09.